The van der Waals surface area contributed by atoms with Crippen LogP contribution in [0.3, 0.4) is 0 Å². The number of carbonyl (C=O) groups excluding carboxylic acids is 1. The first-order chi connectivity index (χ1) is 9.89. The second kappa shape index (κ2) is 12.2. The Bertz CT molecular complexity index is 355. The van der Waals surface area contributed by atoms with Gasteiger partial charge >= 0.3 is 6.09 Å². The third kappa shape index (κ3) is 10.9. The van der Waals surface area contributed by atoms with E-state index in [2.05, 4.69) is 26.1 Å². The molecule has 0 aliphatic rings. The molecule has 0 spiro atoms. The second-order valence-electron chi connectivity index (χ2n) is 5.29. The predicted molar refractivity (Wildman–Crippen MR) is 91.4 cm³/mol. The summed E-state index contributed by atoms with van der Waals surface area (Å²) in [4.78, 5) is 11.5. The van der Waals surface area contributed by atoms with Gasteiger partial charge in [0.2, 0.25) is 0 Å². The van der Waals surface area contributed by atoms with Gasteiger partial charge in [0.05, 0.1) is 0 Å². The van der Waals surface area contributed by atoms with Crippen molar-refractivity contribution in [2.45, 2.75) is 68.0 Å². The van der Waals surface area contributed by atoms with Crippen LogP contribution in [0.5, 0.6) is 0 Å². The maximum absolute atomic E-state index is 11.5. The van der Waals surface area contributed by atoms with Gasteiger partial charge in [0.1, 0.15) is 6.61 Å². The molecule has 1 N–H and O–H groups in total. The number of ether oxygens (including phenoxy) is 1. The number of nitrogens with one attached hydrogen (secondary N) is 1. The zero-order valence-corrected chi connectivity index (χ0v) is 15.0. The van der Waals surface area contributed by atoms with E-state index >= 15 is 0 Å². The minimum Gasteiger partial charge on any atom is -0.445 e. The van der Waals surface area contributed by atoms with E-state index in [4.69, 9.17) is 4.74 Å². The molecule has 0 aliphatic heterocycles. The highest BCUT2D eigenvalue weighted by atomic mass is 16.5. The van der Waals surface area contributed by atoms with Gasteiger partial charge in [0, 0.05) is 6.04 Å². The first kappa shape index (κ1) is 21.8. The molecule has 0 saturated heterocycles. The number of carbonyl (C=O) groups is 1. The zero-order valence-electron chi connectivity index (χ0n) is 15.0. The quantitative estimate of drug-likeness (QED) is 0.810. The van der Waals surface area contributed by atoms with E-state index in [1.54, 1.807) is 0 Å². The van der Waals surface area contributed by atoms with Gasteiger partial charge < -0.3 is 10.1 Å². The largest absolute Gasteiger partial charge is 0.445 e. The molecule has 0 saturated carbocycles. The fourth-order valence-corrected chi connectivity index (χ4v) is 1.16. The van der Waals surface area contributed by atoms with E-state index in [-0.39, 0.29) is 17.6 Å². The lowest BCUT2D eigenvalue weighted by molar-refractivity contribution is 0.128. The Morgan fingerprint density at radius 1 is 1.10 bits per heavy atom. The zero-order chi connectivity index (χ0) is 16.9. The molecular weight excluding hydrogens is 262 g/mol. The van der Waals surface area contributed by atoms with Gasteiger partial charge in [-0.05, 0) is 17.9 Å². The molecule has 0 aromatic heterocycles. The molecule has 0 radical (unpaired) electrons. The van der Waals surface area contributed by atoms with Crippen molar-refractivity contribution in [1.82, 2.24) is 5.32 Å². The van der Waals surface area contributed by atoms with Crippen LogP contribution in [0, 0.1) is 5.41 Å². The molecule has 1 aromatic rings. The first-order valence-corrected chi connectivity index (χ1v) is 7.87. The number of rotatable bonds is 3. The summed E-state index contributed by atoms with van der Waals surface area (Å²) < 4.78 is 5.14. The summed E-state index contributed by atoms with van der Waals surface area (Å²) in [5.41, 5.74) is 1.03. The molecule has 1 aromatic carbocycles. The standard InChI is InChI=1S/C14H21NO2.2C2H6/c1-11(14(2,3)4)15-13(16)17-10-12-8-6-5-7-9-12;2*1-2/h5-9,11H,10H2,1-4H3,(H,15,16);2*1-2H3/t11-;;/m1../s1. The Balaban J connectivity index is 0. The number of hydrogen-bond acceptors (Lipinski definition) is 2. The Labute approximate surface area is 131 Å². The van der Waals surface area contributed by atoms with Crippen LogP contribution in [0.4, 0.5) is 4.79 Å². The van der Waals surface area contributed by atoms with Crippen LogP contribution in [0.2, 0.25) is 0 Å². The Hall–Kier alpha value is -1.51. The smallest absolute Gasteiger partial charge is 0.407 e. The third-order valence-corrected chi connectivity index (χ3v) is 2.85. The number of hydrogen-bond donors (Lipinski definition) is 1. The number of benzene rings is 1. The van der Waals surface area contributed by atoms with E-state index in [1.807, 2.05) is 65.0 Å². The lowest BCUT2D eigenvalue weighted by atomic mass is 9.88. The van der Waals surface area contributed by atoms with Gasteiger partial charge in [0.25, 0.3) is 0 Å². The van der Waals surface area contributed by atoms with E-state index < -0.39 is 0 Å². The fraction of sp³-hybridized carbons (Fsp3) is 0.611. The fourth-order valence-electron chi connectivity index (χ4n) is 1.16. The second-order valence-corrected chi connectivity index (χ2v) is 5.29. The van der Waals surface area contributed by atoms with Gasteiger partial charge in [-0.15, -0.1) is 0 Å². The summed E-state index contributed by atoms with van der Waals surface area (Å²) in [6.07, 6.45) is -0.365. The van der Waals surface area contributed by atoms with Crippen LogP contribution in [0.15, 0.2) is 30.3 Å². The lowest BCUT2D eigenvalue weighted by Gasteiger charge is -2.27. The average molecular weight is 295 g/mol. The third-order valence-electron chi connectivity index (χ3n) is 2.85. The number of amides is 1. The summed E-state index contributed by atoms with van der Waals surface area (Å²) in [7, 11) is 0. The maximum Gasteiger partial charge on any atom is 0.407 e. The summed E-state index contributed by atoms with van der Waals surface area (Å²) in [6, 6.07) is 9.72. The first-order valence-electron chi connectivity index (χ1n) is 7.87. The highest BCUT2D eigenvalue weighted by Gasteiger charge is 2.22. The molecule has 0 fully saturated rings. The molecule has 0 heterocycles. The van der Waals surface area contributed by atoms with Crippen molar-refractivity contribution in [1.29, 1.82) is 0 Å². The predicted octanol–water partition coefficient (Wildman–Crippen LogP) is 5.40. The summed E-state index contributed by atoms with van der Waals surface area (Å²) in [6.45, 7) is 16.5. The van der Waals surface area contributed by atoms with Crippen molar-refractivity contribution >= 4 is 6.09 Å². The minimum absolute atomic E-state index is 0.0335. The van der Waals surface area contributed by atoms with Crippen molar-refractivity contribution in [3.05, 3.63) is 35.9 Å². The molecule has 3 nitrogen and oxygen atoms in total. The summed E-state index contributed by atoms with van der Waals surface area (Å²) in [5.74, 6) is 0. The highest BCUT2D eigenvalue weighted by molar-refractivity contribution is 5.67. The SMILES string of the molecule is CC.CC.C[C@@H](NC(=O)OCc1ccccc1)C(C)(C)C. The topological polar surface area (TPSA) is 38.3 Å². The van der Waals surface area contributed by atoms with Crippen LogP contribution >= 0.6 is 0 Å². The molecule has 0 unspecified atom stereocenters. The van der Waals surface area contributed by atoms with E-state index in [0.29, 0.717) is 6.61 Å². The van der Waals surface area contributed by atoms with Gasteiger partial charge in [0.15, 0.2) is 0 Å². The summed E-state index contributed by atoms with van der Waals surface area (Å²) >= 11 is 0. The number of alkyl carbamates (subject to hydrolysis) is 1. The normalized spacial score (nSPS) is 11.0. The lowest BCUT2D eigenvalue weighted by Crippen LogP contribution is -2.41. The van der Waals surface area contributed by atoms with Crippen molar-refractivity contribution in [3.8, 4) is 0 Å². The molecular formula is C18H33NO2. The molecule has 3 heteroatoms. The van der Waals surface area contributed by atoms with Crippen LogP contribution in [0.25, 0.3) is 0 Å². The molecule has 1 rings (SSSR count). The summed E-state index contributed by atoms with van der Waals surface area (Å²) in [5, 5.41) is 2.83. The van der Waals surface area contributed by atoms with Crippen LogP contribution in [0.1, 0.15) is 61.0 Å². The molecule has 21 heavy (non-hydrogen) atoms. The monoisotopic (exact) mass is 295 g/mol. The minimum atomic E-state index is -0.365. The van der Waals surface area contributed by atoms with Crippen LogP contribution in [-0.2, 0) is 11.3 Å². The van der Waals surface area contributed by atoms with Crippen molar-refractivity contribution in [3.63, 3.8) is 0 Å². The Morgan fingerprint density at radius 3 is 2.00 bits per heavy atom. The van der Waals surface area contributed by atoms with Gasteiger partial charge in [-0.1, -0.05) is 78.8 Å². The van der Waals surface area contributed by atoms with E-state index in [1.165, 1.54) is 0 Å². The van der Waals surface area contributed by atoms with Crippen molar-refractivity contribution < 1.29 is 9.53 Å². The molecule has 1 amide bonds. The molecule has 1 atom stereocenters. The van der Waals surface area contributed by atoms with E-state index in [9.17, 15) is 4.79 Å². The Kier molecular flexibility index (Phi) is 12.7. The highest BCUT2D eigenvalue weighted by Crippen LogP contribution is 2.18. The van der Waals surface area contributed by atoms with Crippen LogP contribution < -0.4 is 5.32 Å². The van der Waals surface area contributed by atoms with E-state index in [0.717, 1.165) is 5.56 Å². The van der Waals surface area contributed by atoms with Gasteiger partial charge in [-0.2, -0.15) is 0 Å². The Morgan fingerprint density at radius 2 is 1.57 bits per heavy atom. The van der Waals surface area contributed by atoms with Gasteiger partial charge in [-0.25, -0.2) is 4.79 Å². The maximum atomic E-state index is 11.5. The average Bonchev–Trinajstić information content (AvgIpc) is 2.49. The molecule has 0 bridgehead atoms. The van der Waals surface area contributed by atoms with Crippen molar-refractivity contribution in [2.24, 2.45) is 5.41 Å². The molecule has 0 aliphatic carbocycles. The van der Waals surface area contributed by atoms with Crippen LogP contribution in [-0.4, -0.2) is 12.1 Å². The molecule has 122 valence electrons. The van der Waals surface area contributed by atoms with Crippen molar-refractivity contribution in [2.75, 3.05) is 0 Å². The van der Waals surface area contributed by atoms with Gasteiger partial charge in [-0.3, -0.25) is 0 Å².